The van der Waals surface area contributed by atoms with Gasteiger partial charge in [-0.25, -0.2) is 4.79 Å². The molecule has 0 spiro atoms. The first-order chi connectivity index (χ1) is 17.4. The van der Waals surface area contributed by atoms with E-state index >= 15 is 0 Å². The van der Waals surface area contributed by atoms with Crippen molar-refractivity contribution in [1.82, 2.24) is 4.57 Å². The third-order valence-corrected chi connectivity index (χ3v) is 7.19. The van der Waals surface area contributed by atoms with E-state index in [4.69, 9.17) is 9.47 Å². The maximum absolute atomic E-state index is 13.6. The van der Waals surface area contributed by atoms with Crippen LogP contribution in [-0.4, -0.2) is 29.7 Å². The standard InChI is InChI=1S/C29H32N2O4S/c1-6-19-10-15-24-22(16-19)18(5)26(31(24)7-2)27(32)30-28-25(29(33)35-9-4)23(17-36-28)20-11-13-21(14-12-20)34-8-3/h10-17H,6-9H2,1-5H3,(H,30,32). The molecule has 1 N–H and O–H groups in total. The number of nitrogens with one attached hydrogen (secondary N) is 1. The summed E-state index contributed by atoms with van der Waals surface area (Å²) >= 11 is 1.32. The largest absolute Gasteiger partial charge is 0.494 e. The average molecular weight is 505 g/mol. The molecule has 2 aromatic carbocycles. The van der Waals surface area contributed by atoms with Gasteiger partial charge in [0.2, 0.25) is 0 Å². The number of aromatic nitrogens is 1. The van der Waals surface area contributed by atoms with Crippen LogP contribution in [0.1, 0.15) is 59.7 Å². The van der Waals surface area contributed by atoms with Crippen molar-refractivity contribution in [2.45, 2.75) is 47.6 Å². The van der Waals surface area contributed by atoms with Gasteiger partial charge in [0.25, 0.3) is 5.91 Å². The number of nitrogens with zero attached hydrogens (tertiary/aromatic N) is 1. The molecule has 6 nitrogen and oxygen atoms in total. The summed E-state index contributed by atoms with van der Waals surface area (Å²) in [5.41, 5.74) is 5.73. The van der Waals surface area contributed by atoms with E-state index in [1.807, 2.05) is 55.0 Å². The van der Waals surface area contributed by atoms with Gasteiger partial charge in [-0.2, -0.15) is 0 Å². The molecule has 4 aromatic rings. The Hall–Kier alpha value is -3.58. The number of hydrogen-bond donors (Lipinski definition) is 1. The molecule has 0 aliphatic carbocycles. The number of amides is 1. The third-order valence-electron chi connectivity index (χ3n) is 6.29. The smallest absolute Gasteiger partial charge is 0.341 e. The molecule has 2 aromatic heterocycles. The van der Waals surface area contributed by atoms with Crippen molar-refractivity contribution in [2.75, 3.05) is 18.5 Å². The lowest BCUT2D eigenvalue weighted by Gasteiger charge is -2.11. The van der Waals surface area contributed by atoms with Crippen LogP contribution in [0.5, 0.6) is 5.75 Å². The maximum Gasteiger partial charge on any atom is 0.341 e. The van der Waals surface area contributed by atoms with Crippen molar-refractivity contribution in [3.63, 3.8) is 0 Å². The molecule has 4 rings (SSSR count). The average Bonchev–Trinajstić information content (AvgIpc) is 3.42. The Bertz CT molecular complexity index is 1400. The van der Waals surface area contributed by atoms with E-state index in [1.165, 1.54) is 16.9 Å². The quantitative estimate of drug-likeness (QED) is 0.247. The zero-order chi connectivity index (χ0) is 25.8. The van der Waals surface area contributed by atoms with Gasteiger partial charge in [0.15, 0.2) is 0 Å². The summed E-state index contributed by atoms with van der Waals surface area (Å²) < 4.78 is 12.9. The van der Waals surface area contributed by atoms with Gasteiger partial charge in [-0.15, -0.1) is 11.3 Å². The summed E-state index contributed by atoms with van der Waals surface area (Å²) in [5, 5.41) is 6.46. The van der Waals surface area contributed by atoms with E-state index < -0.39 is 5.97 Å². The molecule has 0 aliphatic rings. The number of anilines is 1. The molecule has 0 aliphatic heterocycles. The number of rotatable bonds is 9. The molecule has 7 heteroatoms. The van der Waals surface area contributed by atoms with Crippen LogP contribution in [0.2, 0.25) is 0 Å². The van der Waals surface area contributed by atoms with Gasteiger partial charge in [-0.1, -0.05) is 25.1 Å². The zero-order valence-corrected chi connectivity index (χ0v) is 22.3. The fourth-order valence-corrected chi connectivity index (χ4v) is 5.49. The molecule has 0 bridgehead atoms. The second-order valence-electron chi connectivity index (χ2n) is 8.41. The van der Waals surface area contributed by atoms with Crippen LogP contribution in [-0.2, 0) is 17.7 Å². The van der Waals surface area contributed by atoms with E-state index in [9.17, 15) is 9.59 Å². The van der Waals surface area contributed by atoms with Crippen LogP contribution >= 0.6 is 11.3 Å². The third kappa shape index (κ3) is 4.75. The Balaban J connectivity index is 1.75. The van der Waals surface area contributed by atoms with Crippen molar-refractivity contribution in [1.29, 1.82) is 0 Å². The number of ether oxygens (including phenoxy) is 2. The summed E-state index contributed by atoms with van der Waals surface area (Å²) in [7, 11) is 0. The minimum Gasteiger partial charge on any atom is -0.494 e. The van der Waals surface area contributed by atoms with Crippen LogP contribution in [0.4, 0.5) is 5.00 Å². The zero-order valence-electron chi connectivity index (χ0n) is 21.4. The number of benzene rings is 2. The lowest BCUT2D eigenvalue weighted by atomic mass is 10.0. The molecule has 0 radical (unpaired) electrons. The fraction of sp³-hybridized carbons (Fsp3) is 0.310. The van der Waals surface area contributed by atoms with Gasteiger partial charge < -0.3 is 19.4 Å². The highest BCUT2D eigenvalue weighted by molar-refractivity contribution is 7.15. The minimum absolute atomic E-state index is 0.241. The summed E-state index contributed by atoms with van der Waals surface area (Å²) in [5.74, 6) is 0.0595. The number of fused-ring (bicyclic) bond motifs is 1. The molecule has 0 fully saturated rings. The first-order valence-corrected chi connectivity index (χ1v) is 13.3. The first kappa shape index (κ1) is 25.5. The van der Waals surface area contributed by atoms with Gasteiger partial charge >= 0.3 is 5.97 Å². The Kier molecular flexibility index (Phi) is 7.79. The number of esters is 1. The number of hydrogen-bond acceptors (Lipinski definition) is 5. The number of thiophene rings is 1. The molecule has 0 saturated carbocycles. The summed E-state index contributed by atoms with van der Waals surface area (Å²) in [6.07, 6.45) is 0.931. The topological polar surface area (TPSA) is 69.6 Å². The van der Waals surface area contributed by atoms with Crippen molar-refractivity contribution in [3.8, 4) is 16.9 Å². The van der Waals surface area contributed by atoms with Crippen LogP contribution in [0.25, 0.3) is 22.0 Å². The highest BCUT2D eigenvalue weighted by Crippen LogP contribution is 2.38. The molecule has 0 atom stereocenters. The van der Waals surface area contributed by atoms with Crippen LogP contribution in [0.15, 0.2) is 47.8 Å². The minimum atomic E-state index is -0.460. The van der Waals surface area contributed by atoms with Gasteiger partial charge in [0.1, 0.15) is 22.0 Å². The molecule has 188 valence electrons. The SMILES string of the molecule is CCOC(=O)c1c(-c2ccc(OCC)cc2)csc1NC(=O)c1c(C)c2cc(CC)ccc2n1CC. The summed E-state index contributed by atoms with van der Waals surface area (Å²) in [6, 6.07) is 13.9. The van der Waals surface area contributed by atoms with E-state index in [0.29, 0.717) is 29.4 Å². The van der Waals surface area contributed by atoms with Crippen molar-refractivity contribution in [2.24, 2.45) is 0 Å². The Morgan fingerprint density at radius 3 is 2.39 bits per heavy atom. The van der Waals surface area contributed by atoms with Crippen LogP contribution < -0.4 is 10.1 Å². The Labute approximate surface area is 215 Å². The predicted octanol–water partition coefficient (Wildman–Crippen LogP) is 7.09. The number of carbonyl (C=O) groups is 2. The van der Waals surface area contributed by atoms with Crippen LogP contribution in [0.3, 0.4) is 0 Å². The summed E-state index contributed by atoms with van der Waals surface area (Å²) in [6.45, 7) is 11.3. The van der Waals surface area contributed by atoms with Gasteiger partial charge in [0.05, 0.1) is 13.2 Å². The Morgan fingerprint density at radius 1 is 1.00 bits per heavy atom. The van der Waals surface area contributed by atoms with E-state index in [1.54, 1.807) is 6.92 Å². The molecule has 36 heavy (non-hydrogen) atoms. The van der Waals surface area contributed by atoms with Crippen LogP contribution in [0, 0.1) is 6.92 Å². The first-order valence-electron chi connectivity index (χ1n) is 12.4. The molecule has 2 heterocycles. The molecule has 0 unspecified atom stereocenters. The van der Waals surface area contributed by atoms with Gasteiger partial charge in [0, 0.05) is 28.4 Å². The lowest BCUT2D eigenvalue weighted by molar-refractivity contribution is 0.0529. The molecule has 0 saturated heterocycles. The van der Waals surface area contributed by atoms with Gasteiger partial charge in [-0.3, -0.25) is 4.79 Å². The normalized spacial score (nSPS) is 11.0. The molecule has 1 amide bonds. The van der Waals surface area contributed by atoms with E-state index in [-0.39, 0.29) is 12.5 Å². The molecular formula is C29H32N2O4S. The maximum atomic E-state index is 13.6. The van der Waals surface area contributed by atoms with Gasteiger partial charge in [-0.05, 0) is 75.1 Å². The Morgan fingerprint density at radius 2 is 1.75 bits per heavy atom. The van der Waals surface area contributed by atoms with E-state index in [0.717, 1.165) is 39.8 Å². The lowest BCUT2D eigenvalue weighted by Crippen LogP contribution is -2.19. The highest BCUT2D eigenvalue weighted by Gasteiger charge is 2.26. The second-order valence-corrected chi connectivity index (χ2v) is 9.29. The van der Waals surface area contributed by atoms with Crippen molar-refractivity contribution in [3.05, 3.63) is 70.2 Å². The number of carbonyl (C=O) groups excluding carboxylic acids is 2. The van der Waals surface area contributed by atoms with E-state index in [2.05, 4.69) is 30.4 Å². The van der Waals surface area contributed by atoms with Crippen molar-refractivity contribution < 1.29 is 19.1 Å². The highest BCUT2D eigenvalue weighted by atomic mass is 32.1. The monoisotopic (exact) mass is 504 g/mol. The number of aryl methyl sites for hydroxylation is 3. The molecular weight excluding hydrogens is 472 g/mol. The predicted molar refractivity (Wildman–Crippen MR) is 147 cm³/mol. The van der Waals surface area contributed by atoms with Crippen molar-refractivity contribution >= 4 is 39.1 Å². The fourth-order valence-electron chi connectivity index (χ4n) is 4.54. The second kappa shape index (κ2) is 11.0. The summed E-state index contributed by atoms with van der Waals surface area (Å²) in [4.78, 5) is 26.7.